The summed E-state index contributed by atoms with van der Waals surface area (Å²) >= 11 is 1.62. The Balaban J connectivity index is 0.00000220. The molecule has 0 aromatic heterocycles. The van der Waals surface area contributed by atoms with Crippen LogP contribution in [-0.2, 0) is 0 Å². The van der Waals surface area contributed by atoms with E-state index in [1.165, 1.54) is 38.9 Å². The molecule has 0 unspecified atom stereocenters. The topological polar surface area (TPSA) is 32.3 Å². The van der Waals surface area contributed by atoms with Gasteiger partial charge in [-0.1, -0.05) is 12.1 Å². The predicted octanol–water partition coefficient (Wildman–Crippen LogP) is 3.44. The molecule has 3 nitrogen and oxygen atoms in total. The highest BCUT2D eigenvalue weighted by Crippen LogP contribution is 2.19. The van der Waals surface area contributed by atoms with E-state index in [2.05, 4.69) is 10.2 Å². The molecule has 0 aliphatic carbocycles. The van der Waals surface area contributed by atoms with Crippen LogP contribution in [0, 0.1) is 0 Å². The molecule has 1 aromatic carbocycles. The largest absolute Gasteiger partial charge is 0.352 e. The Kier molecular flexibility index (Phi) is 8.81. The number of nitrogens with one attached hydrogen (secondary N) is 1. The Morgan fingerprint density at radius 2 is 1.95 bits per heavy atom. The summed E-state index contributed by atoms with van der Waals surface area (Å²) in [6.07, 6.45) is 6.93. The lowest BCUT2D eigenvalue weighted by molar-refractivity contribution is 0.0949. The van der Waals surface area contributed by atoms with Crippen LogP contribution in [0.5, 0.6) is 0 Å². The molecule has 0 radical (unpaired) electrons. The lowest BCUT2D eigenvalue weighted by atomic mass is 10.2. The molecular weight excluding hydrogens is 304 g/mol. The predicted molar refractivity (Wildman–Crippen MR) is 92.7 cm³/mol. The molecule has 1 saturated heterocycles. The Morgan fingerprint density at radius 3 is 2.67 bits per heavy atom. The molecule has 1 aromatic rings. The van der Waals surface area contributed by atoms with Crippen LogP contribution < -0.4 is 5.32 Å². The number of hydrogen-bond donors (Lipinski definition) is 1. The number of hydrogen-bond acceptors (Lipinski definition) is 3. The van der Waals surface area contributed by atoms with E-state index in [0.717, 1.165) is 23.4 Å². The van der Waals surface area contributed by atoms with Crippen LogP contribution in [0.25, 0.3) is 0 Å². The van der Waals surface area contributed by atoms with E-state index in [4.69, 9.17) is 0 Å². The van der Waals surface area contributed by atoms with Crippen LogP contribution in [-0.4, -0.2) is 43.2 Å². The first-order chi connectivity index (χ1) is 9.81. The van der Waals surface area contributed by atoms with Gasteiger partial charge in [-0.15, -0.1) is 24.2 Å². The standard InChI is InChI=1S/C16H24N2OS.ClH/c1-20-15-9-3-2-8-14(15)16(19)17-10-4-5-11-18-12-6-7-13-18;/h2-3,8-9H,4-7,10-13H2,1H3,(H,17,19);1H. The smallest absolute Gasteiger partial charge is 0.252 e. The van der Waals surface area contributed by atoms with Gasteiger partial charge < -0.3 is 10.2 Å². The van der Waals surface area contributed by atoms with Crippen LogP contribution in [0.2, 0.25) is 0 Å². The number of carbonyl (C=O) groups excluding carboxylic acids is 1. The van der Waals surface area contributed by atoms with Crippen molar-refractivity contribution in [3.8, 4) is 0 Å². The summed E-state index contributed by atoms with van der Waals surface area (Å²) in [5, 5.41) is 3.03. The summed E-state index contributed by atoms with van der Waals surface area (Å²) in [6.45, 7) is 4.47. The maximum absolute atomic E-state index is 12.1. The molecule has 1 N–H and O–H groups in total. The average Bonchev–Trinajstić information content (AvgIpc) is 3.00. The Labute approximate surface area is 138 Å². The van der Waals surface area contributed by atoms with E-state index in [1.54, 1.807) is 11.8 Å². The van der Waals surface area contributed by atoms with Crippen LogP contribution >= 0.6 is 24.2 Å². The molecule has 0 spiro atoms. The normalized spacial score (nSPS) is 14.7. The minimum absolute atomic E-state index is 0. The lowest BCUT2D eigenvalue weighted by Crippen LogP contribution is -2.26. The summed E-state index contributed by atoms with van der Waals surface area (Å²) < 4.78 is 0. The second-order valence-electron chi connectivity index (χ2n) is 5.21. The fourth-order valence-electron chi connectivity index (χ4n) is 2.60. The Bertz CT molecular complexity index is 436. The summed E-state index contributed by atoms with van der Waals surface area (Å²) in [7, 11) is 0. The minimum atomic E-state index is 0. The fraction of sp³-hybridized carbons (Fsp3) is 0.562. The second kappa shape index (κ2) is 10.1. The first kappa shape index (κ1) is 18.3. The maximum atomic E-state index is 12.1. The third-order valence-corrected chi connectivity index (χ3v) is 4.53. The van der Waals surface area contributed by atoms with Crippen molar-refractivity contribution in [1.82, 2.24) is 10.2 Å². The fourth-order valence-corrected chi connectivity index (χ4v) is 3.19. The van der Waals surface area contributed by atoms with Crippen molar-refractivity contribution >= 4 is 30.1 Å². The van der Waals surface area contributed by atoms with Gasteiger partial charge in [0, 0.05) is 11.4 Å². The van der Waals surface area contributed by atoms with Crippen molar-refractivity contribution in [3.05, 3.63) is 29.8 Å². The van der Waals surface area contributed by atoms with Crippen LogP contribution in [0.15, 0.2) is 29.2 Å². The molecule has 1 aliphatic rings. The van der Waals surface area contributed by atoms with Crippen molar-refractivity contribution in [2.24, 2.45) is 0 Å². The molecule has 5 heteroatoms. The number of benzene rings is 1. The molecule has 1 amide bonds. The lowest BCUT2D eigenvalue weighted by Gasteiger charge is -2.14. The van der Waals surface area contributed by atoms with Gasteiger partial charge in [0.2, 0.25) is 0 Å². The maximum Gasteiger partial charge on any atom is 0.252 e. The van der Waals surface area contributed by atoms with Gasteiger partial charge in [-0.05, 0) is 63.7 Å². The van der Waals surface area contributed by atoms with E-state index in [-0.39, 0.29) is 18.3 Å². The third kappa shape index (κ3) is 5.89. The summed E-state index contributed by atoms with van der Waals surface area (Å²) in [6, 6.07) is 7.78. The summed E-state index contributed by atoms with van der Waals surface area (Å²) in [5.74, 6) is 0.0520. The van der Waals surface area contributed by atoms with Crippen LogP contribution in [0.3, 0.4) is 0 Å². The highest BCUT2D eigenvalue weighted by atomic mass is 35.5. The second-order valence-corrected chi connectivity index (χ2v) is 6.06. The zero-order valence-electron chi connectivity index (χ0n) is 12.6. The molecule has 0 atom stereocenters. The molecule has 0 bridgehead atoms. The van der Waals surface area contributed by atoms with Gasteiger partial charge in [0.05, 0.1) is 5.56 Å². The van der Waals surface area contributed by atoms with Gasteiger partial charge in [0.1, 0.15) is 0 Å². The van der Waals surface area contributed by atoms with Gasteiger partial charge in [0.15, 0.2) is 0 Å². The number of likely N-dealkylation sites (tertiary alicyclic amines) is 1. The van der Waals surface area contributed by atoms with Gasteiger partial charge >= 0.3 is 0 Å². The molecule has 1 aliphatic heterocycles. The van der Waals surface area contributed by atoms with Crippen molar-refractivity contribution < 1.29 is 4.79 Å². The van der Waals surface area contributed by atoms with Gasteiger partial charge in [0.25, 0.3) is 5.91 Å². The van der Waals surface area contributed by atoms with E-state index in [9.17, 15) is 4.79 Å². The third-order valence-electron chi connectivity index (χ3n) is 3.74. The van der Waals surface area contributed by atoms with Gasteiger partial charge in [-0.3, -0.25) is 4.79 Å². The number of thioether (sulfide) groups is 1. The number of carbonyl (C=O) groups is 1. The first-order valence-electron chi connectivity index (χ1n) is 7.45. The Morgan fingerprint density at radius 1 is 1.24 bits per heavy atom. The first-order valence-corrected chi connectivity index (χ1v) is 8.67. The highest BCUT2D eigenvalue weighted by molar-refractivity contribution is 7.98. The van der Waals surface area contributed by atoms with E-state index in [0.29, 0.717) is 0 Å². The van der Waals surface area contributed by atoms with Crippen molar-refractivity contribution in [1.29, 1.82) is 0 Å². The molecule has 21 heavy (non-hydrogen) atoms. The molecule has 2 rings (SSSR count). The van der Waals surface area contributed by atoms with Crippen molar-refractivity contribution in [3.63, 3.8) is 0 Å². The van der Waals surface area contributed by atoms with Crippen LogP contribution in [0.4, 0.5) is 0 Å². The quantitative estimate of drug-likeness (QED) is 0.614. The zero-order valence-corrected chi connectivity index (χ0v) is 14.3. The Hall–Kier alpha value is -0.710. The number of halogens is 1. The summed E-state index contributed by atoms with van der Waals surface area (Å²) in [4.78, 5) is 15.7. The number of unbranched alkanes of at least 4 members (excludes halogenated alkanes) is 1. The molecule has 1 heterocycles. The van der Waals surface area contributed by atoms with Gasteiger partial charge in [-0.2, -0.15) is 0 Å². The number of rotatable bonds is 7. The molecule has 1 fully saturated rings. The van der Waals surface area contributed by atoms with E-state index < -0.39 is 0 Å². The summed E-state index contributed by atoms with van der Waals surface area (Å²) in [5.41, 5.74) is 0.791. The van der Waals surface area contributed by atoms with Gasteiger partial charge in [-0.25, -0.2) is 0 Å². The minimum Gasteiger partial charge on any atom is -0.352 e. The zero-order chi connectivity index (χ0) is 14.2. The molecule has 118 valence electrons. The van der Waals surface area contributed by atoms with E-state index in [1.807, 2.05) is 30.5 Å². The van der Waals surface area contributed by atoms with Crippen molar-refractivity contribution in [2.75, 3.05) is 32.4 Å². The van der Waals surface area contributed by atoms with Crippen LogP contribution in [0.1, 0.15) is 36.0 Å². The molecular formula is C16H25ClN2OS. The monoisotopic (exact) mass is 328 g/mol. The number of amides is 1. The molecule has 0 saturated carbocycles. The van der Waals surface area contributed by atoms with Crippen molar-refractivity contribution in [2.45, 2.75) is 30.6 Å². The SMILES string of the molecule is CSc1ccccc1C(=O)NCCCCN1CCCC1.Cl. The average molecular weight is 329 g/mol. The highest BCUT2D eigenvalue weighted by Gasteiger charge is 2.11. The number of nitrogens with zero attached hydrogens (tertiary/aromatic N) is 1. The van der Waals surface area contributed by atoms with E-state index >= 15 is 0 Å².